The number of H-pyrrole nitrogens is 1. The highest BCUT2D eigenvalue weighted by Gasteiger charge is 2.13. The van der Waals surface area contributed by atoms with Crippen LogP contribution in [0.5, 0.6) is 0 Å². The number of hydrogen-bond donors (Lipinski definition) is 2. The van der Waals surface area contributed by atoms with Gasteiger partial charge in [0, 0.05) is 31.7 Å². The van der Waals surface area contributed by atoms with Crippen LogP contribution in [0.4, 0.5) is 5.82 Å². The highest BCUT2D eigenvalue weighted by molar-refractivity contribution is 5.92. The molecule has 3 aromatic rings. The van der Waals surface area contributed by atoms with E-state index in [1.54, 1.807) is 20.3 Å². The van der Waals surface area contributed by atoms with Gasteiger partial charge in [-0.25, -0.2) is 4.98 Å². The number of benzene rings is 1. The maximum absolute atomic E-state index is 12.1. The van der Waals surface area contributed by atoms with Crippen molar-refractivity contribution in [1.29, 1.82) is 0 Å². The molecule has 0 spiro atoms. The van der Waals surface area contributed by atoms with Crippen molar-refractivity contribution in [3.05, 3.63) is 52.6 Å². The minimum Gasteiger partial charge on any atom is -0.365 e. The molecule has 0 aliphatic heterocycles. The summed E-state index contributed by atoms with van der Waals surface area (Å²) < 4.78 is 0. The standard InChI is InChI=1S/C20H25N5O/c1-6-16-13(3)15-8-12(2)7-14(19(15)24-16)9-22-18-11-21-10-17(23-18)20(26)25(4)5/h7-8,10-11,24H,6,9H2,1-5H3,(H,22,23). The number of carbonyl (C=O) groups is 1. The van der Waals surface area contributed by atoms with Crippen LogP contribution in [-0.2, 0) is 13.0 Å². The van der Waals surface area contributed by atoms with Crippen molar-refractivity contribution < 1.29 is 4.79 Å². The largest absolute Gasteiger partial charge is 0.365 e. The van der Waals surface area contributed by atoms with Crippen LogP contribution in [0.3, 0.4) is 0 Å². The summed E-state index contributed by atoms with van der Waals surface area (Å²) in [6, 6.07) is 4.40. The molecule has 0 saturated heterocycles. The van der Waals surface area contributed by atoms with Crippen molar-refractivity contribution in [2.24, 2.45) is 0 Å². The fourth-order valence-corrected chi connectivity index (χ4v) is 3.17. The number of hydrogen-bond acceptors (Lipinski definition) is 4. The lowest BCUT2D eigenvalue weighted by molar-refractivity contribution is 0.0821. The van der Waals surface area contributed by atoms with Crippen molar-refractivity contribution in [3.8, 4) is 0 Å². The van der Waals surface area contributed by atoms with Crippen LogP contribution < -0.4 is 5.32 Å². The summed E-state index contributed by atoms with van der Waals surface area (Å²) in [5.41, 5.74) is 6.47. The minimum atomic E-state index is -0.160. The maximum atomic E-state index is 12.1. The molecule has 6 heteroatoms. The summed E-state index contributed by atoms with van der Waals surface area (Å²) in [6.07, 6.45) is 4.10. The summed E-state index contributed by atoms with van der Waals surface area (Å²) in [5, 5.41) is 4.56. The zero-order chi connectivity index (χ0) is 18.8. The van der Waals surface area contributed by atoms with Crippen molar-refractivity contribution >= 4 is 22.6 Å². The zero-order valence-corrected chi connectivity index (χ0v) is 16.0. The van der Waals surface area contributed by atoms with Gasteiger partial charge < -0.3 is 15.2 Å². The summed E-state index contributed by atoms with van der Waals surface area (Å²) in [5.74, 6) is 0.429. The SMILES string of the molecule is CCc1[nH]c2c(CNc3cncc(C(=O)N(C)C)n3)cc(C)cc2c1C. The van der Waals surface area contributed by atoms with E-state index in [-0.39, 0.29) is 5.91 Å². The Hall–Kier alpha value is -2.89. The third-order valence-corrected chi connectivity index (χ3v) is 4.57. The Morgan fingerprint density at radius 3 is 2.69 bits per heavy atom. The molecule has 136 valence electrons. The molecule has 26 heavy (non-hydrogen) atoms. The van der Waals surface area contributed by atoms with Gasteiger partial charge in [0.25, 0.3) is 5.91 Å². The number of amides is 1. The van der Waals surface area contributed by atoms with Crippen LogP contribution in [-0.4, -0.2) is 39.9 Å². The predicted molar refractivity (Wildman–Crippen MR) is 105 cm³/mol. The van der Waals surface area contributed by atoms with Crippen LogP contribution in [0.2, 0.25) is 0 Å². The average Bonchev–Trinajstić information content (AvgIpc) is 2.95. The first-order valence-corrected chi connectivity index (χ1v) is 8.79. The molecule has 0 bridgehead atoms. The Labute approximate surface area is 153 Å². The monoisotopic (exact) mass is 351 g/mol. The number of nitrogens with zero attached hydrogens (tertiary/aromatic N) is 3. The van der Waals surface area contributed by atoms with E-state index in [1.165, 1.54) is 38.9 Å². The van der Waals surface area contributed by atoms with Gasteiger partial charge in [-0.05, 0) is 37.5 Å². The lowest BCUT2D eigenvalue weighted by Crippen LogP contribution is -2.23. The molecule has 6 nitrogen and oxygen atoms in total. The molecule has 0 aliphatic rings. The lowest BCUT2D eigenvalue weighted by atomic mass is 10.0. The second-order valence-corrected chi connectivity index (χ2v) is 6.77. The normalized spacial score (nSPS) is 11.0. The third kappa shape index (κ3) is 3.40. The Morgan fingerprint density at radius 2 is 2.00 bits per heavy atom. The number of aromatic amines is 1. The number of carbonyl (C=O) groups excluding carboxylic acids is 1. The third-order valence-electron chi connectivity index (χ3n) is 4.57. The molecular formula is C20H25N5O. The Kier molecular flexibility index (Phi) is 4.93. The molecule has 1 aromatic carbocycles. The topological polar surface area (TPSA) is 73.9 Å². The summed E-state index contributed by atoms with van der Waals surface area (Å²) in [6.45, 7) is 7.04. The quantitative estimate of drug-likeness (QED) is 0.738. The molecule has 0 radical (unpaired) electrons. The van der Waals surface area contributed by atoms with E-state index >= 15 is 0 Å². The van der Waals surface area contributed by atoms with Gasteiger partial charge in [-0.1, -0.05) is 18.6 Å². The Balaban J connectivity index is 1.88. The smallest absolute Gasteiger partial charge is 0.273 e. The lowest BCUT2D eigenvalue weighted by Gasteiger charge is -2.11. The van der Waals surface area contributed by atoms with Crippen LogP contribution in [0.1, 0.15) is 39.8 Å². The fourth-order valence-electron chi connectivity index (χ4n) is 3.17. The fraction of sp³-hybridized carbons (Fsp3) is 0.350. The Morgan fingerprint density at radius 1 is 1.23 bits per heavy atom. The maximum Gasteiger partial charge on any atom is 0.273 e. The molecular weight excluding hydrogens is 326 g/mol. The molecule has 2 N–H and O–H groups in total. The van der Waals surface area contributed by atoms with Gasteiger partial charge in [0.1, 0.15) is 11.5 Å². The van der Waals surface area contributed by atoms with E-state index < -0.39 is 0 Å². The van der Waals surface area contributed by atoms with Crippen molar-refractivity contribution in [3.63, 3.8) is 0 Å². The van der Waals surface area contributed by atoms with E-state index in [0.29, 0.717) is 18.1 Å². The van der Waals surface area contributed by atoms with Gasteiger partial charge in [-0.2, -0.15) is 0 Å². The number of aromatic nitrogens is 3. The second kappa shape index (κ2) is 7.15. The highest BCUT2D eigenvalue weighted by atomic mass is 16.2. The van der Waals surface area contributed by atoms with Crippen LogP contribution in [0.15, 0.2) is 24.5 Å². The first kappa shape index (κ1) is 17.9. The van der Waals surface area contributed by atoms with E-state index in [0.717, 1.165) is 11.9 Å². The number of rotatable bonds is 5. The van der Waals surface area contributed by atoms with Gasteiger partial charge >= 0.3 is 0 Å². The number of aryl methyl sites for hydroxylation is 3. The van der Waals surface area contributed by atoms with Gasteiger partial charge in [0.05, 0.1) is 17.9 Å². The second-order valence-electron chi connectivity index (χ2n) is 6.77. The molecule has 0 fully saturated rings. The van der Waals surface area contributed by atoms with E-state index in [9.17, 15) is 4.79 Å². The molecule has 3 rings (SSSR count). The van der Waals surface area contributed by atoms with Crippen LogP contribution >= 0.6 is 0 Å². The van der Waals surface area contributed by atoms with Crippen LogP contribution in [0, 0.1) is 13.8 Å². The molecule has 0 unspecified atom stereocenters. The first-order chi connectivity index (χ1) is 12.4. The molecule has 1 amide bonds. The summed E-state index contributed by atoms with van der Waals surface area (Å²) in [4.78, 5) is 25.6. The molecule has 0 saturated carbocycles. The zero-order valence-electron chi connectivity index (χ0n) is 16.0. The Bertz CT molecular complexity index is 958. The van der Waals surface area contributed by atoms with E-state index in [2.05, 4.69) is 53.2 Å². The van der Waals surface area contributed by atoms with Gasteiger partial charge in [-0.15, -0.1) is 0 Å². The summed E-state index contributed by atoms with van der Waals surface area (Å²) >= 11 is 0. The van der Waals surface area contributed by atoms with Crippen molar-refractivity contribution in [2.75, 3.05) is 19.4 Å². The van der Waals surface area contributed by atoms with Gasteiger partial charge in [0.15, 0.2) is 0 Å². The van der Waals surface area contributed by atoms with Crippen molar-refractivity contribution in [1.82, 2.24) is 19.9 Å². The van der Waals surface area contributed by atoms with Gasteiger partial charge in [-0.3, -0.25) is 9.78 Å². The number of fused-ring (bicyclic) bond motifs is 1. The molecule has 0 aliphatic carbocycles. The predicted octanol–water partition coefficient (Wildman–Crippen LogP) is 3.45. The minimum absolute atomic E-state index is 0.160. The molecule has 2 heterocycles. The highest BCUT2D eigenvalue weighted by Crippen LogP contribution is 2.27. The number of anilines is 1. The summed E-state index contributed by atoms with van der Waals surface area (Å²) in [7, 11) is 3.40. The number of nitrogens with one attached hydrogen (secondary N) is 2. The van der Waals surface area contributed by atoms with E-state index in [4.69, 9.17) is 0 Å². The van der Waals surface area contributed by atoms with E-state index in [1.807, 2.05) is 0 Å². The van der Waals surface area contributed by atoms with Crippen LogP contribution in [0.25, 0.3) is 10.9 Å². The first-order valence-electron chi connectivity index (χ1n) is 8.79. The molecule has 0 atom stereocenters. The average molecular weight is 351 g/mol. The van der Waals surface area contributed by atoms with Crippen molar-refractivity contribution in [2.45, 2.75) is 33.7 Å². The molecule has 2 aromatic heterocycles. The van der Waals surface area contributed by atoms with Gasteiger partial charge in [0.2, 0.25) is 0 Å².